The average Bonchev–Trinajstić information content (AvgIpc) is 3.31. The molecule has 5 rings (SSSR count). The SMILES string of the molecule is Cc1cc(Cl)cc(C(=O)NC2CC2)c1NC(=O)c1cc(Oc2ccsc2)nn1-c1ncccc1Cl. The molecular weight excluding hydrogens is 509 g/mol. The number of anilines is 1. The van der Waals surface area contributed by atoms with E-state index in [1.54, 1.807) is 43.5 Å². The number of nitrogens with zero attached hydrogens (tertiary/aromatic N) is 3. The Morgan fingerprint density at radius 1 is 1.17 bits per heavy atom. The van der Waals surface area contributed by atoms with Gasteiger partial charge in [-0.25, -0.2) is 9.67 Å². The Morgan fingerprint density at radius 3 is 2.71 bits per heavy atom. The Kier molecular flexibility index (Phi) is 6.46. The first-order valence-corrected chi connectivity index (χ1v) is 12.4. The monoisotopic (exact) mass is 527 g/mol. The van der Waals surface area contributed by atoms with Crippen molar-refractivity contribution in [2.75, 3.05) is 5.32 Å². The maximum Gasteiger partial charge on any atom is 0.274 e. The fraction of sp³-hybridized carbons (Fsp3) is 0.167. The maximum absolute atomic E-state index is 13.5. The van der Waals surface area contributed by atoms with Gasteiger partial charge in [0.15, 0.2) is 5.82 Å². The molecule has 0 atom stereocenters. The number of thiophene rings is 1. The summed E-state index contributed by atoms with van der Waals surface area (Å²) in [7, 11) is 0. The van der Waals surface area contributed by atoms with Gasteiger partial charge in [-0.2, -0.15) is 0 Å². The van der Waals surface area contributed by atoms with Crippen LogP contribution in [0.25, 0.3) is 5.82 Å². The van der Waals surface area contributed by atoms with Crippen LogP contribution in [0.5, 0.6) is 11.6 Å². The molecule has 1 aliphatic rings. The Morgan fingerprint density at radius 2 is 2.00 bits per heavy atom. The summed E-state index contributed by atoms with van der Waals surface area (Å²) in [5, 5.41) is 14.6. The molecule has 1 fully saturated rings. The molecule has 0 unspecified atom stereocenters. The Hall–Kier alpha value is -3.40. The molecule has 178 valence electrons. The number of nitrogens with one attached hydrogen (secondary N) is 2. The average molecular weight is 528 g/mol. The minimum absolute atomic E-state index is 0.124. The van der Waals surface area contributed by atoms with Crippen molar-refractivity contribution in [2.24, 2.45) is 0 Å². The van der Waals surface area contributed by atoms with E-state index in [-0.39, 0.29) is 34.9 Å². The molecule has 0 saturated heterocycles. The summed E-state index contributed by atoms with van der Waals surface area (Å²) in [5.74, 6) is 0.224. The minimum Gasteiger partial charge on any atom is -0.437 e. The summed E-state index contributed by atoms with van der Waals surface area (Å²) in [5.41, 5.74) is 1.41. The van der Waals surface area contributed by atoms with E-state index < -0.39 is 5.91 Å². The summed E-state index contributed by atoms with van der Waals surface area (Å²) < 4.78 is 7.11. The third-order valence-electron chi connectivity index (χ3n) is 5.27. The van der Waals surface area contributed by atoms with Crippen LogP contribution in [0.15, 0.2) is 53.4 Å². The molecule has 3 aromatic heterocycles. The van der Waals surface area contributed by atoms with E-state index in [0.29, 0.717) is 27.0 Å². The number of halogens is 2. The van der Waals surface area contributed by atoms with Gasteiger partial charge in [0.1, 0.15) is 11.4 Å². The van der Waals surface area contributed by atoms with E-state index >= 15 is 0 Å². The smallest absolute Gasteiger partial charge is 0.274 e. The Bertz CT molecular complexity index is 1420. The second kappa shape index (κ2) is 9.69. The number of amides is 2. The first-order valence-electron chi connectivity index (χ1n) is 10.7. The first kappa shape index (κ1) is 23.3. The van der Waals surface area contributed by atoms with Crippen molar-refractivity contribution < 1.29 is 14.3 Å². The van der Waals surface area contributed by atoms with Crippen molar-refractivity contribution in [1.82, 2.24) is 20.1 Å². The number of carbonyl (C=O) groups excluding carboxylic acids is 2. The van der Waals surface area contributed by atoms with Crippen LogP contribution in [0, 0.1) is 6.92 Å². The number of carbonyl (C=O) groups is 2. The quantitative estimate of drug-likeness (QED) is 0.312. The summed E-state index contributed by atoms with van der Waals surface area (Å²) in [6.07, 6.45) is 3.42. The van der Waals surface area contributed by atoms with Gasteiger partial charge in [0.05, 0.1) is 16.3 Å². The molecule has 0 aliphatic heterocycles. The highest BCUT2D eigenvalue weighted by Crippen LogP contribution is 2.30. The number of hydrogen-bond acceptors (Lipinski definition) is 6. The van der Waals surface area contributed by atoms with Crippen LogP contribution in [-0.4, -0.2) is 32.6 Å². The molecule has 0 bridgehead atoms. The zero-order chi connectivity index (χ0) is 24.5. The molecule has 4 aromatic rings. The molecule has 35 heavy (non-hydrogen) atoms. The highest BCUT2D eigenvalue weighted by atomic mass is 35.5. The molecule has 1 saturated carbocycles. The van der Waals surface area contributed by atoms with E-state index in [1.807, 2.05) is 10.8 Å². The molecule has 0 radical (unpaired) electrons. The zero-order valence-electron chi connectivity index (χ0n) is 18.4. The zero-order valence-corrected chi connectivity index (χ0v) is 20.7. The predicted molar refractivity (Wildman–Crippen MR) is 135 cm³/mol. The molecule has 3 heterocycles. The molecule has 1 aromatic carbocycles. The number of pyridine rings is 1. The summed E-state index contributed by atoms with van der Waals surface area (Å²) >= 11 is 14.0. The van der Waals surface area contributed by atoms with E-state index in [1.165, 1.54) is 22.1 Å². The van der Waals surface area contributed by atoms with Crippen LogP contribution in [0.4, 0.5) is 5.69 Å². The predicted octanol–water partition coefficient (Wildman–Crippen LogP) is 5.88. The largest absolute Gasteiger partial charge is 0.437 e. The van der Waals surface area contributed by atoms with Gasteiger partial charge in [0.2, 0.25) is 5.88 Å². The lowest BCUT2D eigenvalue weighted by atomic mass is 10.1. The summed E-state index contributed by atoms with van der Waals surface area (Å²) in [6, 6.07) is 9.99. The molecule has 1 aliphatic carbocycles. The fourth-order valence-corrected chi connectivity index (χ4v) is 4.48. The van der Waals surface area contributed by atoms with Gasteiger partial charge in [-0.15, -0.1) is 16.4 Å². The maximum atomic E-state index is 13.5. The van der Waals surface area contributed by atoms with Gasteiger partial charge in [0.25, 0.3) is 11.8 Å². The molecule has 2 N–H and O–H groups in total. The third kappa shape index (κ3) is 5.17. The lowest BCUT2D eigenvalue weighted by molar-refractivity contribution is 0.0952. The van der Waals surface area contributed by atoms with Crippen LogP contribution in [0.3, 0.4) is 0 Å². The third-order valence-corrected chi connectivity index (χ3v) is 6.45. The standard InChI is InChI=1S/C24H19Cl2N5O3S/c1-13-9-14(25)10-17(23(32)28-15-4-5-15)21(13)29-24(33)19-11-20(34-16-6-8-35-12-16)30-31(19)22-18(26)3-2-7-27-22/h2-3,6-12,15H,4-5H2,1H3,(H,28,32)(H,29,33). The van der Waals surface area contributed by atoms with Crippen molar-refractivity contribution in [3.63, 3.8) is 0 Å². The second-order valence-corrected chi connectivity index (χ2v) is 9.62. The van der Waals surface area contributed by atoms with Crippen molar-refractivity contribution in [1.29, 1.82) is 0 Å². The van der Waals surface area contributed by atoms with Gasteiger partial charge < -0.3 is 15.4 Å². The number of benzene rings is 1. The van der Waals surface area contributed by atoms with Crippen molar-refractivity contribution in [2.45, 2.75) is 25.8 Å². The topological polar surface area (TPSA) is 98.1 Å². The van der Waals surface area contributed by atoms with Gasteiger partial charge in [-0.05, 0) is 61.0 Å². The first-order chi connectivity index (χ1) is 16.9. The van der Waals surface area contributed by atoms with E-state index in [2.05, 4.69) is 20.7 Å². The molecule has 11 heteroatoms. The van der Waals surface area contributed by atoms with Crippen LogP contribution in [0.2, 0.25) is 10.0 Å². The van der Waals surface area contributed by atoms with Crippen LogP contribution < -0.4 is 15.4 Å². The number of ether oxygens (including phenoxy) is 1. The van der Waals surface area contributed by atoms with Crippen LogP contribution in [-0.2, 0) is 0 Å². The number of aryl methyl sites for hydroxylation is 1. The highest BCUT2D eigenvalue weighted by Gasteiger charge is 2.27. The summed E-state index contributed by atoms with van der Waals surface area (Å²) in [4.78, 5) is 30.7. The van der Waals surface area contributed by atoms with Crippen molar-refractivity contribution >= 4 is 52.0 Å². The second-order valence-electron chi connectivity index (χ2n) is 8.00. The van der Waals surface area contributed by atoms with E-state index in [4.69, 9.17) is 27.9 Å². The fourth-order valence-electron chi connectivity index (χ4n) is 3.45. The van der Waals surface area contributed by atoms with E-state index in [0.717, 1.165) is 12.8 Å². The van der Waals surface area contributed by atoms with Crippen LogP contribution >= 0.6 is 34.5 Å². The van der Waals surface area contributed by atoms with Crippen LogP contribution in [0.1, 0.15) is 39.3 Å². The summed E-state index contributed by atoms with van der Waals surface area (Å²) in [6.45, 7) is 1.77. The lowest BCUT2D eigenvalue weighted by Gasteiger charge is -2.15. The number of hydrogen-bond donors (Lipinski definition) is 2. The highest BCUT2D eigenvalue weighted by molar-refractivity contribution is 7.08. The normalized spacial score (nSPS) is 12.9. The lowest BCUT2D eigenvalue weighted by Crippen LogP contribution is -2.27. The molecule has 2 amide bonds. The van der Waals surface area contributed by atoms with Gasteiger partial charge in [0, 0.05) is 28.7 Å². The molecular formula is C24H19Cl2N5O3S. The number of rotatable bonds is 7. The van der Waals surface area contributed by atoms with Gasteiger partial charge in [-0.3, -0.25) is 9.59 Å². The number of aromatic nitrogens is 3. The van der Waals surface area contributed by atoms with Crippen molar-refractivity contribution in [3.8, 4) is 17.4 Å². The van der Waals surface area contributed by atoms with Gasteiger partial charge >= 0.3 is 0 Å². The minimum atomic E-state index is -0.523. The Balaban J connectivity index is 1.52. The van der Waals surface area contributed by atoms with E-state index in [9.17, 15) is 9.59 Å². The molecule has 8 nitrogen and oxygen atoms in total. The van der Waals surface area contributed by atoms with Gasteiger partial charge in [-0.1, -0.05) is 23.2 Å². The van der Waals surface area contributed by atoms with Crippen molar-refractivity contribution in [3.05, 3.63) is 80.2 Å². The Labute approximate surface area is 214 Å². The molecule has 0 spiro atoms.